The highest BCUT2D eigenvalue weighted by molar-refractivity contribution is 9.10. The fourth-order valence-electron chi connectivity index (χ4n) is 3.75. The number of carbonyl (C=O) groups excluding carboxylic acids is 1. The zero-order chi connectivity index (χ0) is 23.5. The molecule has 0 bridgehead atoms. The number of carbonyl (C=O) groups is 1. The van der Waals surface area contributed by atoms with E-state index < -0.39 is 12.0 Å². The number of allylic oxidation sites excluding steroid dienone is 1. The molecular formula is C24H25BrN4O4. The fourth-order valence-corrected chi connectivity index (χ4v) is 4.32. The number of aryl methyl sites for hydroxylation is 1. The maximum Gasteiger partial charge on any atom is 0.338 e. The number of anilines is 1. The Morgan fingerprint density at radius 1 is 1.21 bits per heavy atom. The predicted octanol–water partition coefficient (Wildman–Crippen LogP) is 4.79. The number of methoxy groups -OCH3 is 1. The van der Waals surface area contributed by atoms with Crippen LogP contribution in [0, 0.1) is 6.92 Å². The number of nitrogens with zero attached hydrogens (tertiary/aromatic N) is 3. The SMILES string of the molecule is CCOC(=O)C1=C(C)Nc2ncnn2[C@@H]1c1cc(Br)c(OCc2ccc(C)cc2)c(OC)c1. The number of ether oxygens (including phenoxy) is 3. The summed E-state index contributed by atoms with van der Waals surface area (Å²) < 4.78 is 19.4. The van der Waals surface area contributed by atoms with Crippen molar-refractivity contribution in [1.29, 1.82) is 0 Å². The Morgan fingerprint density at radius 3 is 2.67 bits per heavy atom. The number of aromatic nitrogens is 3. The average molecular weight is 513 g/mol. The van der Waals surface area contributed by atoms with E-state index >= 15 is 0 Å². The maximum atomic E-state index is 12.9. The number of hydrogen-bond acceptors (Lipinski definition) is 7. The number of esters is 1. The van der Waals surface area contributed by atoms with Gasteiger partial charge in [0.1, 0.15) is 19.0 Å². The topological polar surface area (TPSA) is 87.5 Å². The van der Waals surface area contributed by atoms with Crippen molar-refractivity contribution in [3.05, 3.63) is 75.2 Å². The Hall–Kier alpha value is -3.33. The van der Waals surface area contributed by atoms with E-state index in [1.807, 2.05) is 50.2 Å². The summed E-state index contributed by atoms with van der Waals surface area (Å²) in [5.74, 6) is 1.24. The van der Waals surface area contributed by atoms with E-state index in [-0.39, 0.29) is 6.61 Å². The van der Waals surface area contributed by atoms with Crippen molar-refractivity contribution in [3.8, 4) is 11.5 Å². The first-order chi connectivity index (χ1) is 15.9. The van der Waals surface area contributed by atoms with E-state index in [0.717, 1.165) is 11.1 Å². The van der Waals surface area contributed by atoms with Gasteiger partial charge in [-0.1, -0.05) is 29.8 Å². The number of hydrogen-bond donors (Lipinski definition) is 1. The lowest BCUT2D eigenvalue weighted by atomic mass is 9.95. The van der Waals surface area contributed by atoms with Crippen molar-refractivity contribution in [3.63, 3.8) is 0 Å². The van der Waals surface area contributed by atoms with Gasteiger partial charge in [0.25, 0.3) is 0 Å². The molecule has 172 valence electrons. The predicted molar refractivity (Wildman–Crippen MR) is 127 cm³/mol. The Balaban J connectivity index is 1.72. The monoisotopic (exact) mass is 512 g/mol. The summed E-state index contributed by atoms with van der Waals surface area (Å²) in [5, 5.41) is 7.47. The standard InChI is InChI=1S/C24H25BrN4O4/c1-5-32-23(30)20-15(3)28-24-26-13-27-29(24)21(20)17-10-18(25)22(19(11-17)31-4)33-12-16-8-6-14(2)7-9-16/h6-11,13,21H,5,12H2,1-4H3,(H,26,27,28)/t21-/m1/s1. The summed E-state index contributed by atoms with van der Waals surface area (Å²) in [6, 6.07) is 11.4. The molecule has 33 heavy (non-hydrogen) atoms. The number of rotatable bonds is 7. The summed E-state index contributed by atoms with van der Waals surface area (Å²) in [7, 11) is 1.58. The second-order valence-electron chi connectivity index (χ2n) is 7.62. The third kappa shape index (κ3) is 4.59. The fraction of sp³-hybridized carbons (Fsp3) is 0.292. The third-order valence-electron chi connectivity index (χ3n) is 5.36. The van der Waals surface area contributed by atoms with Crippen LogP contribution in [0.1, 0.15) is 36.6 Å². The Labute approximate surface area is 200 Å². The van der Waals surface area contributed by atoms with E-state index in [2.05, 4.69) is 31.3 Å². The molecule has 0 saturated carbocycles. The first kappa shape index (κ1) is 22.8. The normalized spacial score (nSPS) is 15.0. The van der Waals surface area contributed by atoms with Gasteiger partial charge in [-0.2, -0.15) is 10.1 Å². The molecule has 1 N–H and O–H groups in total. The lowest BCUT2D eigenvalue weighted by Gasteiger charge is -2.28. The van der Waals surface area contributed by atoms with Gasteiger partial charge >= 0.3 is 5.97 Å². The molecule has 0 aliphatic carbocycles. The van der Waals surface area contributed by atoms with Gasteiger partial charge in [0.15, 0.2) is 11.5 Å². The zero-order valence-electron chi connectivity index (χ0n) is 18.9. The third-order valence-corrected chi connectivity index (χ3v) is 5.95. The summed E-state index contributed by atoms with van der Waals surface area (Å²) in [6.45, 7) is 6.31. The lowest BCUT2D eigenvalue weighted by Crippen LogP contribution is -2.29. The van der Waals surface area contributed by atoms with E-state index in [0.29, 0.717) is 39.8 Å². The largest absolute Gasteiger partial charge is 0.493 e. The summed E-state index contributed by atoms with van der Waals surface area (Å²) in [5.41, 5.74) is 4.13. The molecule has 0 unspecified atom stereocenters. The smallest absolute Gasteiger partial charge is 0.338 e. The lowest BCUT2D eigenvalue weighted by molar-refractivity contribution is -0.139. The molecule has 2 heterocycles. The van der Waals surface area contributed by atoms with Crippen LogP contribution in [-0.2, 0) is 16.1 Å². The molecule has 0 spiro atoms. The molecule has 0 radical (unpaired) electrons. The summed E-state index contributed by atoms with van der Waals surface area (Å²) in [6.07, 6.45) is 1.45. The van der Waals surface area contributed by atoms with Crippen LogP contribution in [0.15, 0.2) is 58.5 Å². The molecule has 1 aliphatic rings. The molecule has 0 amide bonds. The van der Waals surface area contributed by atoms with Gasteiger partial charge < -0.3 is 19.5 Å². The van der Waals surface area contributed by atoms with Crippen LogP contribution in [0.5, 0.6) is 11.5 Å². The highest BCUT2D eigenvalue weighted by Crippen LogP contribution is 2.43. The van der Waals surface area contributed by atoms with Crippen LogP contribution in [0.25, 0.3) is 0 Å². The molecule has 1 atom stereocenters. The molecule has 1 aliphatic heterocycles. The van der Waals surface area contributed by atoms with Crippen molar-refractivity contribution < 1.29 is 19.0 Å². The van der Waals surface area contributed by atoms with E-state index in [1.165, 1.54) is 11.9 Å². The quantitative estimate of drug-likeness (QED) is 0.455. The average Bonchev–Trinajstić information content (AvgIpc) is 3.26. The van der Waals surface area contributed by atoms with Crippen molar-refractivity contribution in [2.45, 2.75) is 33.4 Å². The van der Waals surface area contributed by atoms with Crippen LogP contribution < -0.4 is 14.8 Å². The molecule has 3 aromatic rings. The minimum absolute atomic E-state index is 0.269. The van der Waals surface area contributed by atoms with Crippen LogP contribution in [0.3, 0.4) is 0 Å². The Kier molecular flexibility index (Phi) is 6.69. The molecule has 2 aromatic carbocycles. The van der Waals surface area contributed by atoms with Gasteiger partial charge in [0.05, 0.1) is 23.8 Å². The Morgan fingerprint density at radius 2 is 1.97 bits per heavy atom. The minimum Gasteiger partial charge on any atom is -0.493 e. The van der Waals surface area contributed by atoms with E-state index in [9.17, 15) is 4.79 Å². The summed E-state index contributed by atoms with van der Waals surface area (Å²) >= 11 is 3.63. The summed E-state index contributed by atoms with van der Waals surface area (Å²) in [4.78, 5) is 17.1. The van der Waals surface area contributed by atoms with Crippen molar-refractivity contribution in [2.24, 2.45) is 0 Å². The minimum atomic E-state index is -0.542. The van der Waals surface area contributed by atoms with E-state index in [1.54, 1.807) is 18.7 Å². The number of fused-ring (bicyclic) bond motifs is 1. The molecule has 4 rings (SSSR count). The second kappa shape index (κ2) is 9.66. The first-order valence-corrected chi connectivity index (χ1v) is 11.3. The van der Waals surface area contributed by atoms with Gasteiger partial charge in [-0.25, -0.2) is 9.48 Å². The van der Waals surface area contributed by atoms with Crippen LogP contribution in [-0.4, -0.2) is 34.5 Å². The maximum absolute atomic E-state index is 12.9. The van der Waals surface area contributed by atoms with Gasteiger partial charge in [0.2, 0.25) is 5.95 Å². The molecule has 1 aromatic heterocycles. The van der Waals surface area contributed by atoms with Crippen LogP contribution in [0.2, 0.25) is 0 Å². The molecule has 8 nitrogen and oxygen atoms in total. The van der Waals surface area contributed by atoms with Crippen molar-refractivity contribution >= 4 is 27.8 Å². The molecule has 0 fully saturated rings. The highest BCUT2D eigenvalue weighted by atomic mass is 79.9. The van der Waals surface area contributed by atoms with E-state index in [4.69, 9.17) is 14.2 Å². The molecule has 0 saturated heterocycles. The van der Waals surface area contributed by atoms with Gasteiger partial charge in [-0.05, 0) is 60.0 Å². The van der Waals surface area contributed by atoms with Crippen molar-refractivity contribution in [2.75, 3.05) is 19.0 Å². The molecule has 9 heteroatoms. The number of halogens is 1. The van der Waals surface area contributed by atoms with Gasteiger partial charge in [0, 0.05) is 5.70 Å². The highest BCUT2D eigenvalue weighted by Gasteiger charge is 2.35. The second-order valence-corrected chi connectivity index (χ2v) is 8.48. The van der Waals surface area contributed by atoms with Crippen molar-refractivity contribution in [1.82, 2.24) is 14.8 Å². The Bertz CT molecular complexity index is 1200. The van der Waals surface area contributed by atoms with Gasteiger partial charge in [-0.15, -0.1) is 0 Å². The zero-order valence-corrected chi connectivity index (χ0v) is 20.5. The number of benzene rings is 2. The van der Waals surface area contributed by atoms with Gasteiger partial charge in [-0.3, -0.25) is 0 Å². The first-order valence-electron chi connectivity index (χ1n) is 10.5. The van der Waals surface area contributed by atoms with Crippen LogP contribution in [0.4, 0.5) is 5.95 Å². The van der Waals surface area contributed by atoms with Crippen LogP contribution >= 0.6 is 15.9 Å². The molecular weight excluding hydrogens is 488 g/mol. The number of nitrogens with one attached hydrogen (secondary N) is 1.